The van der Waals surface area contributed by atoms with E-state index >= 15 is 0 Å². The molecule has 22 heavy (non-hydrogen) atoms. The summed E-state index contributed by atoms with van der Waals surface area (Å²) >= 11 is 0. The Kier molecular flexibility index (Phi) is 6.56. The maximum Gasteiger partial charge on any atom is 0.335 e. The van der Waals surface area contributed by atoms with Gasteiger partial charge in [0, 0.05) is 27.1 Å². The van der Waals surface area contributed by atoms with Gasteiger partial charge in [-0.2, -0.15) is 0 Å². The maximum atomic E-state index is 12.1. The van der Waals surface area contributed by atoms with Crippen molar-refractivity contribution in [1.82, 2.24) is 10.2 Å². The van der Waals surface area contributed by atoms with Crippen molar-refractivity contribution in [3.63, 3.8) is 0 Å². The molecule has 0 aliphatic heterocycles. The van der Waals surface area contributed by atoms with Gasteiger partial charge in [-0.3, -0.25) is 9.59 Å². The Morgan fingerprint density at radius 1 is 1.27 bits per heavy atom. The number of rotatable bonds is 7. The molecule has 1 rings (SSSR count). The lowest BCUT2D eigenvalue weighted by atomic mass is 10.0. The number of benzene rings is 1. The molecule has 1 unspecified atom stereocenters. The van der Waals surface area contributed by atoms with Crippen LogP contribution in [0, 0.1) is 5.92 Å². The first kappa shape index (κ1) is 17.7. The van der Waals surface area contributed by atoms with Gasteiger partial charge in [-0.1, -0.05) is 25.1 Å². The first-order valence-corrected chi connectivity index (χ1v) is 7.13. The summed E-state index contributed by atoms with van der Waals surface area (Å²) in [7, 11) is 3.20. The second-order valence-electron chi connectivity index (χ2n) is 5.25. The first-order chi connectivity index (χ1) is 10.4. The molecule has 0 aliphatic carbocycles. The predicted octanol–water partition coefficient (Wildman–Crippen LogP) is 1.16. The summed E-state index contributed by atoms with van der Waals surface area (Å²) in [5, 5.41) is 11.7. The molecule has 0 aliphatic rings. The van der Waals surface area contributed by atoms with Crippen LogP contribution >= 0.6 is 0 Å². The van der Waals surface area contributed by atoms with E-state index in [4.69, 9.17) is 5.11 Å². The normalized spacial score (nSPS) is 11.6. The minimum absolute atomic E-state index is 0.115. The number of carboxylic acids is 1. The van der Waals surface area contributed by atoms with Gasteiger partial charge in [-0.15, -0.1) is 0 Å². The molecule has 2 N–H and O–H groups in total. The number of nitrogens with one attached hydrogen (secondary N) is 1. The van der Waals surface area contributed by atoms with Crippen LogP contribution in [0.4, 0.5) is 0 Å². The minimum Gasteiger partial charge on any atom is -0.478 e. The summed E-state index contributed by atoms with van der Waals surface area (Å²) in [6, 6.07) is 6.65. The van der Waals surface area contributed by atoms with Crippen LogP contribution in [0.1, 0.15) is 29.3 Å². The monoisotopic (exact) mass is 306 g/mol. The van der Waals surface area contributed by atoms with Gasteiger partial charge < -0.3 is 15.3 Å². The molecule has 6 nitrogen and oxygen atoms in total. The van der Waals surface area contributed by atoms with Crippen molar-refractivity contribution in [2.45, 2.75) is 19.8 Å². The molecule has 6 heteroatoms. The molecule has 0 fully saturated rings. The second kappa shape index (κ2) is 8.17. The lowest BCUT2D eigenvalue weighted by molar-refractivity contribution is -0.132. The van der Waals surface area contributed by atoms with Crippen LogP contribution in [0.5, 0.6) is 0 Å². The molecule has 0 saturated carbocycles. The number of carbonyl (C=O) groups is 3. The van der Waals surface area contributed by atoms with Crippen molar-refractivity contribution in [3.05, 3.63) is 35.4 Å². The topological polar surface area (TPSA) is 86.7 Å². The number of aryl methyl sites for hydroxylation is 1. The Hall–Kier alpha value is -2.37. The molecule has 2 amide bonds. The fourth-order valence-electron chi connectivity index (χ4n) is 2.22. The zero-order valence-electron chi connectivity index (χ0n) is 13.1. The van der Waals surface area contributed by atoms with E-state index in [2.05, 4.69) is 5.32 Å². The van der Waals surface area contributed by atoms with E-state index in [1.54, 1.807) is 39.2 Å². The summed E-state index contributed by atoms with van der Waals surface area (Å²) in [6.07, 6.45) is 0.571. The van der Waals surface area contributed by atoms with Crippen LogP contribution in [0.2, 0.25) is 0 Å². The van der Waals surface area contributed by atoms with Crippen molar-refractivity contribution < 1.29 is 19.5 Å². The van der Waals surface area contributed by atoms with Gasteiger partial charge in [0.1, 0.15) is 0 Å². The van der Waals surface area contributed by atoms with Crippen molar-refractivity contribution in [1.29, 1.82) is 0 Å². The quantitative estimate of drug-likeness (QED) is 0.791. The van der Waals surface area contributed by atoms with Crippen molar-refractivity contribution in [2.75, 3.05) is 20.6 Å². The minimum atomic E-state index is -0.996. The van der Waals surface area contributed by atoms with Gasteiger partial charge in [0.25, 0.3) is 0 Å². The van der Waals surface area contributed by atoms with E-state index in [-0.39, 0.29) is 29.7 Å². The van der Waals surface area contributed by atoms with Crippen LogP contribution in [0.15, 0.2) is 24.3 Å². The van der Waals surface area contributed by atoms with Gasteiger partial charge in [-0.05, 0) is 18.1 Å². The fourth-order valence-corrected chi connectivity index (χ4v) is 2.22. The van der Waals surface area contributed by atoms with E-state index < -0.39 is 5.97 Å². The second-order valence-corrected chi connectivity index (χ2v) is 5.25. The molecule has 0 aromatic heterocycles. The Balaban J connectivity index is 2.59. The third kappa shape index (κ3) is 4.87. The third-order valence-electron chi connectivity index (χ3n) is 3.52. The Morgan fingerprint density at radius 3 is 2.50 bits per heavy atom. The summed E-state index contributed by atoms with van der Waals surface area (Å²) in [5.74, 6) is -1.51. The molecule has 1 aromatic rings. The average Bonchev–Trinajstić information content (AvgIpc) is 2.51. The summed E-state index contributed by atoms with van der Waals surface area (Å²) in [5.41, 5.74) is 0.854. The SMILES string of the molecule is CNC(=O)C(C)CN(C)C(=O)CCc1ccccc1C(=O)O. The number of hydrogen-bond acceptors (Lipinski definition) is 3. The van der Waals surface area contributed by atoms with E-state index in [0.29, 0.717) is 18.5 Å². The van der Waals surface area contributed by atoms with Crippen LogP contribution < -0.4 is 5.32 Å². The number of aromatic carboxylic acids is 1. The molecule has 1 atom stereocenters. The molecule has 0 heterocycles. The number of nitrogens with zero attached hydrogens (tertiary/aromatic N) is 1. The summed E-state index contributed by atoms with van der Waals surface area (Å²) < 4.78 is 0. The van der Waals surface area contributed by atoms with Crippen molar-refractivity contribution >= 4 is 17.8 Å². The molecule has 120 valence electrons. The highest BCUT2D eigenvalue weighted by Crippen LogP contribution is 2.12. The van der Waals surface area contributed by atoms with E-state index in [1.807, 2.05) is 0 Å². The van der Waals surface area contributed by atoms with E-state index in [9.17, 15) is 14.4 Å². The average molecular weight is 306 g/mol. The predicted molar refractivity (Wildman–Crippen MR) is 82.6 cm³/mol. The standard InChI is InChI=1S/C16H22N2O4/c1-11(15(20)17-2)10-18(3)14(19)9-8-12-6-4-5-7-13(12)16(21)22/h4-7,11H,8-10H2,1-3H3,(H,17,20)(H,21,22). The summed E-state index contributed by atoms with van der Waals surface area (Å²) in [6.45, 7) is 2.08. The molecule has 0 spiro atoms. The van der Waals surface area contributed by atoms with Gasteiger partial charge >= 0.3 is 5.97 Å². The lowest BCUT2D eigenvalue weighted by Gasteiger charge is -2.21. The van der Waals surface area contributed by atoms with Crippen molar-refractivity contribution in [2.24, 2.45) is 5.92 Å². The van der Waals surface area contributed by atoms with Gasteiger partial charge in [0.2, 0.25) is 11.8 Å². The molecular weight excluding hydrogens is 284 g/mol. The fraction of sp³-hybridized carbons (Fsp3) is 0.438. The number of carboxylic acid groups (broad SMARTS) is 1. The summed E-state index contributed by atoms with van der Waals surface area (Å²) in [4.78, 5) is 36.2. The Morgan fingerprint density at radius 2 is 1.91 bits per heavy atom. The van der Waals surface area contributed by atoms with Gasteiger partial charge in [0.05, 0.1) is 11.5 Å². The zero-order valence-corrected chi connectivity index (χ0v) is 13.1. The highest BCUT2D eigenvalue weighted by molar-refractivity contribution is 5.89. The molecular formula is C16H22N2O4. The lowest BCUT2D eigenvalue weighted by Crippen LogP contribution is -2.37. The molecule has 0 radical (unpaired) electrons. The third-order valence-corrected chi connectivity index (χ3v) is 3.52. The van der Waals surface area contributed by atoms with E-state index in [0.717, 1.165) is 0 Å². The number of hydrogen-bond donors (Lipinski definition) is 2. The zero-order chi connectivity index (χ0) is 16.7. The Labute approximate surface area is 130 Å². The molecule has 1 aromatic carbocycles. The van der Waals surface area contributed by atoms with Gasteiger partial charge in [0.15, 0.2) is 0 Å². The van der Waals surface area contributed by atoms with Crippen LogP contribution in [-0.4, -0.2) is 48.4 Å². The smallest absolute Gasteiger partial charge is 0.335 e. The largest absolute Gasteiger partial charge is 0.478 e. The van der Waals surface area contributed by atoms with Crippen LogP contribution in [0.3, 0.4) is 0 Å². The highest BCUT2D eigenvalue weighted by atomic mass is 16.4. The maximum absolute atomic E-state index is 12.1. The molecule has 0 saturated heterocycles. The first-order valence-electron chi connectivity index (χ1n) is 7.13. The molecule has 0 bridgehead atoms. The van der Waals surface area contributed by atoms with Crippen molar-refractivity contribution in [3.8, 4) is 0 Å². The number of carbonyl (C=O) groups excluding carboxylic acids is 2. The highest BCUT2D eigenvalue weighted by Gasteiger charge is 2.18. The van der Waals surface area contributed by atoms with E-state index in [1.165, 1.54) is 11.0 Å². The Bertz CT molecular complexity index is 557. The van der Waals surface area contributed by atoms with Gasteiger partial charge in [-0.25, -0.2) is 4.79 Å². The van der Waals surface area contributed by atoms with Crippen LogP contribution in [0.25, 0.3) is 0 Å². The van der Waals surface area contributed by atoms with Crippen LogP contribution in [-0.2, 0) is 16.0 Å². The number of amides is 2.